The molecule has 0 fully saturated rings. The van der Waals surface area contributed by atoms with Gasteiger partial charge in [-0.2, -0.15) is 0 Å². The van der Waals surface area contributed by atoms with Crippen molar-refractivity contribution in [3.8, 4) is 0 Å². The molecule has 0 unspecified atom stereocenters. The van der Waals surface area contributed by atoms with Crippen molar-refractivity contribution in [2.45, 2.75) is 33.7 Å². The molecule has 1 aromatic carbocycles. The number of urea groups is 1. The van der Waals surface area contributed by atoms with E-state index in [4.69, 9.17) is 0 Å². The van der Waals surface area contributed by atoms with Crippen molar-refractivity contribution in [3.63, 3.8) is 0 Å². The van der Waals surface area contributed by atoms with Gasteiger partial charge >= 0.3 is 6.03 Å². The van der Waals surface area contributed by atoms with Gasteiger partial charge in [-0.05, 0) is 24.8 Å². The summed E-state index contributed by atoms with van der Waals surface area (Å²) in [5.41, 5.74) is 2.34. The largest absolute Gasteiger partial charge is 0.338 e. The second-order valence-corrected chi connectivity index (χ2v) is 4.78. The highest BCUT2D eigenvalue weighted by Gasteiger charge is 2.00. The number of carbonyl (C=O) groups excluding carboxylic acids is 1. The van der Waals surface area contributed by atoms with Gasteiger partial charge < -0.3 is 10.6 Å². The maximum atomic E-state index is 11.5. The fourth-order valence-electron chi connectivity index (χ4n) is 1.54. The van der Waals surface area contributed by atoms with Crippen molar-refractivity contribution in [2.75, 3.05) is 6.54 Å². The highest BCUT2D eigenvalue weighted by molar-refractivity contribution is 5.73. The van der Waals surface area contributed by atoms with Crippen molar-refractivity contribution in [3.05, 3.63) is 35.4 Å². The van der Waals surface area contributed by atoms with E-state index in [-0.39, 0.29) is 6.03 Å². The minimum absolute atomic E-state index is 0.0906. The molecule has 17 heavy (non-hydrogen) atoms. The fourth-order valence-corrected chi connectivity index (χ4v) is 1.54. The molecular weight excluding hydrogens is 212 g/mol. The molecule has 0 saturated carbocycles. The van der Waals surface area contributed by atoms with Gasteiger partial charge in [-0.3, -0.25) is 0 Å². The predicted octanol–water partition coefficient (Wildman–Crippen LogP) is 2.84. The third kappa shape index (κ3) is 5.95. The van der Waals surface area contributed by atoms with E-state index >= 15 is 0 Å². The minimum Gasteiger partial charge on any atom is -0.338 e. The Kier molecular flexibility index (Phi) is 5.53. The summed E-state index contributed by atoms with van der Waals surface area (Å²) in [7, 11) is 0. The van der Waals surface area contributed by atoms with Crippen LogP contribution in [0.1, 0.15) is 31.4 Å². The first-order valence-electron chi connectivity index (χ1n) is 6.15. The predicted molar refractivity (Wildman–Crippen MR) is 70.9 cm³/mol. The number of aryl methyl sites for hydroxylation is 1. The third-order valence-electron chi connectivity index (χ3n) is 2.54. The summed E-state index contributed by atoms with van der Waals surface area (Å²) in [5, 5.41) is 5.70. The van der Waals surface area contributed by atoms with Crippen LogP contribution in [0.15, 0.2) is 24.3 Å². The molecule has 0 radical (unpaired) electrons. The number of hydrogen-bond acceptors (Lipinski definition) is 1. The van der Waals surface area contributed by atoms with Crippen LogP contribution in [0.5, 0.6) is 0 Å². The topological polar surface area (TPSA) is 41.1 Å². The van der Waals surface area contributed by atoms with Crippen LogP contribution in [0.2, 0.25) is 0 Å². The Bertz CT molecular complexity index is 361. The lowest BCUT2D eigenvalue weighted by Gasteiger charge is -2.09. The monoisotopic (exact) mass is 234 g/mol. The van der Waals surface area contributed by atoms with Crippen molar-refractivity contribution < 1.29 is 4.79 Å². The molecule has 0 atom stereocenters. The standard InChI is InChI=1S/C14H22N2O/c1-11(2)7-8-15-14(17)16-10-13-6-4-5-12(3)9-13/h4-6,9,11H,7-8,10H2,1-3H3,(H2,15,16,17). The van der Waals surface area contributed by atoms with Crippen LogP contribution in [-0.2, 0) is 6.54 Å². The van der Waals surface area contributed by atoms with E-state index in [2.05, 4.69) is 30.5 Å². The number of hydrogen-bond donors (Lipinski definition) is 2. The normalized spacial score (nSPS) is 10.4. The van der Waals surface area contributed by atoms with E-state index in [1.54, 1.807) is 0 Å². The molecule has 94 valence electrons. The lowest BCUT2D eigenvalue weighted by Crippen LogP contribution is -2.35. The molecule has 0 saturated heterocycles. The van der Waals surface area contributed by atoms with Gasteiger partial charge in [0, 0.05) is 13.1 Å². The highest BCUT2D eigenvalue weighted by atomic mass is 16.2. The number of benzene rings is 1. The second-order valence-electron chi connectivity index (χ2n) is 4.78. The lowest BCUT2D eigenvalue weighted by atomic mass is 10.1. The number of nitrogens with one attached hydrogen (secondary N) is 2. The molecule has 2 amide bonds. The Labute approximate surface area is 104 Å². The van der Waals surface area contributed by atoms with Crippen molar-refractivity contribution in [1.29, 1.82) is 0 Å². The third-order valence-corrected chi connectivity index (χ3v) is 2.54. The first-order valence-corrected chi connectivity index (χ1v) is 6.15. The van der Waals surface area contributed by atoms with Crippen LogP contribution < -0.4 is 10.6 Å². The van der Waals surface area contributed by atoms with Crippen molar-refractivity contribution in [1.82, 2.24) is 10.6 Å². The molecule has 1 aromatic rings. The van der Waals surface area contributed by atoms with Crippen LogP contribution >= 0.6 is 0 Å². The first kappa shape index (κ1) is 13.6. The maximum absolute atomic E-state index is 11.5. The Morgan fingerprint density at radius 3 is 2.71 bits per heavy atom. The van der Waals surface area contributed by atoms with Gasteiger partial charge in [-0.15, -0.1) is 0 Å². The Morgan fingerprint density at radius 2 is 2.06 bits per heavy atom. The second kappa shape index (κ2) is 6.94. The summed E-state index contributed by atoms with van der Waals surface area (Å²) in [4.78, 5) is 11.5. The van der Waals surface area contributed by atoms with Crippen LogP contribution in [-0.4, -0.2) is 12.6 Å². The van der Waals surface area contributed by atoms with Gasteiger partial charge in [-0.1, -0.05) is 43.7 Å². The zero-order valence-electron chi connectivity index (χ0n) is 10.9. The van der Waals surface area contributed by atoms with Gasteiger partial charge in [0.25, 0.3) is 0 Å². The average molecular weight is 234 g/mol. The number of rotatable bonds is 5. The molecule has 3 heteroatoms. The molecule has 2 N–H and O–H groups in total. The zero-order valence-corrected chi connectivity index (χ0v) is 10.9. The van der Waals surface area contributed by atoms with Gasteiger partial charge in [0.15, 0.2) is 0 Å². The Balaban J connectivity index is 2.24. The SMILES string of the molecule is Cc1cccc(CNC(=O)NCCC(C)C)c1. The molecule has 0 aliphatic carbocycles. The summed E-state index contributed by atoms with van der Waals surface area (Å²) in [6, 6.07) is 8.05. The molecule has 0 heterocycles. The first-order chi connectivity index (χ1) is 8.08. The van der Waals surface area contributed by atoms with Gasteiger partial charge in [-0.25, -0.2) is 4.79 Å². The molecule has 0 spiro atoms. The summed E-state index contributed by atoms with van der Waals surface area (Å²) < 4.78 is 0. The van der Waals surface area contributed by atoms with Gasteiger partial charge in [0.05, 0.1) is 0 Å². The molecule has 0 aliphatic heterocycles. The molecule has 0 bridgehead atoms. The number of carbonyl (C=O) groups is 1. The van der Waals surface area contributed by atoms with E-state index in [9.17, 15) is 4.79 Å². The van der Waals surface area contributed by atoms with Crippen molar-refractivity contribution >= 4 is 6.03 Å². The van der Waals surface area contributed by atoms with Crippen molar-refractivity contribution in [2.24, 2.45) is 5.92 Å². The summed E-state index contributed by atoms with van der Waals surface area (Å²) in [6.07, 6.45) is 1.01. The van der Waals surface area contributed by atoms with Crippen LogP contribution in [0.4, 0.5) is 4.79 Å². The maximum Gasteiger partial charge on any atom is 0.315 e. The van der Waals surface area contributed by atoms with E-state index in [0.29, 0.717) is 12.5 Å². The zero-order chi connectivity index (χ0) is 12.7. The van der Waals surface area contributed by atoms with E-state index in [1.165, 1.54) is 5.56 Å². The van der Waals surface area contributed by atoms with Gasteiger partial charge in [0.1, 0.15) is 0 Å². The number of amides is 2. The Morgan fingerprint density at radius 1 is 1.29 bits per heavy atom. The molecule has 3 nitrogen and oxygen atoms in total. The van der Waals surface area contributed by atoms with E-state index < -0.39 is 0 Å². The molecular formula is C14H22N2O. The smallest absolute Gasteiger partial charge is 0.315 e. The molecule has 0 aliphatic rings. The fraction of sp³-hybridized carbons (Fsp3) is 0.500. The van der Waals surface area contributed by atoms with E-state index in [1.807, 2.05) is 25.1 Å². The summed E-state index contributed by atoms with van der Waals surface area (Å²) in [6.45, 7) is 7.65. The summed E-state index contributed by atoms with van der Waals surface area (Å²) >= 11 is 0. The average Bonchev–Trinajstić information content (AvgIpc) is 2.26. The quantitative estimate of drug-likeness (QED) is 0.808. The highest BCUT2D eigenvalue weighted by Crippen LogP contribution is 2.03. The minimum atomic E-state index is -0.0906. The van der Waals surface area contributed by atoms with Crippen LogP contribution in [0.3, 0.4) is 0 Å². The van der Waals surface area contributed by atoms with E-state index in [0.717, 1.165) is 18.5 Å². The van der Waals surface area contributed by atoms with Crippen LogP contribution in [0, 0.1) is 12.8 Å². The van der Waals surface area contributed by atoms with Gasteiger partial charge in [0.2, 0.25) is 0 Å². The Hall–Kier alpha value is -1.51. The molecule has 1 rings (SSSR count). The summed E-state index contributed by atoms with van der Waals surface area (Å²) in [5.74, 6) is 0.618. The van der Waals surface area contributed by atoms with Crippen LogP contribution in [0.25, 0.3) is 0 Å². The lowest BCUT2D eigenvalue weighted by molar-refractivity contribution is 0.240. The molecule has 0 aromatic heterocycles.